The summed E-state index contributed by atoms with van der Waals surface area (Å²) in [4.78, 5) is 11.8. The molecule has 4 nitrogen and oxygen atoms in total. The second-order valence-electron chi connectivity index (χ2n) is 5.48. The number of hydrogen-bond acceptors (Lipinski definition) is 3. The van der Waals surface area contributed by atoms with Crippen LogP contribution in [0.1, 0.15) is 43.8 Å². The summed E-state index contributed by atoms with van der Waals surface area (Å²) in [5.74, 6) is -0.0700. The third-order valence-corrected chi connectivity index (χ3v) is 3.79. The Labute approximate surface area is 114 Å². The molecule has 0 bridgehead atoms. The molecule has 1 amide bonds. The first-order valence-electron chi connectivity index (χ1n) is 6.88. The Balaban J connectivity index is 1.77. The van der Waals surface area contributed by atoms with Gasteiger partial charge in [0.25, 0.3) is 0 Å². The van der Waals surface area contributed by atoms with Crippen LogP contribution in [0.4, 0.5) is 0 Å². The van der Waals surface area contributed by atoms with Crippen molar-refractivity contribution in [2.45, 2.75) is 43.7 Å². The van der Waals surface area contributed by atoms with Gasteiger partial charge < -0.3 is 16.2 Å². The Bertz CT molecular complexity index is 413. The zero-order chi connectivity index (χ0) is 13.7. The van der Waals surface area contributed by atoms with E-state index in [0.29, 0.717) is 6.42 Å². The average molecular weight is 262 g/mol. The van der Waals surface area contributed by atoms with Crippen LogP contribution in [0, 0.1) is 0 Å². The molecule has 1 aromatic carbocycles. The molecule has 4 N–H and O–H groups in total. The number of carbonyl (C=O) groups is 1. The predicted molar refractivity (Wildman–Crippen MR) is 74.4 cm³/mol. The van der Waals surface area contributed by atoms with Crippen molar-refractivity contribution in [3.05, 3.63) is 35.9 Å². The zero-order valence-corrected chi connectivity index (χ0v) is 11.1. The molecule has 1 fully saturated rings. The van der Waals surface area contributed by atoms with Gasteiger partial charge in [0.15, 0.2) is 0 Å². The summed E-state index contributed by atoms with van der Waals surface area (Å²) in [6.45, 7) is 0.235. The van der Waals surface area contributed by atoms with E-state index in [9.17, 15) is 9.90 Å². The van der Waals surface area contributed by atoms with E-state index in [1.54, 1.807) is 0 Å². The van der Waals surface area contributed by atoms with Crippen molar-refractivity contribution in [2.75, 3.05) is 6.54 Å². The molecule has 0 heterocycles. The second kappa shape index (κ2) is 6.17. The van der Waals surface area contributed by atoms with E-state index in [1.807, 2.05) is 30.3 Å². The lowest BCUT2D eigenvalue weighted by Crippen LogP contribution is -2.42. The summed E-state index contributed by atoms with van der Waals surface area (Å²) in [7, 11) is 0. The molecule has 1 aliphatic carbocycles. The lowest BCUT2D eigenvalue weighted by Gasteiger charge is -2.23. The van der Waals surface area contributed by atoms with Gasteiger partial charge in [-0.15, -0.1) is 0 Å². The molecule has 0 spiro atoms. The minimum atomic E-state index is -0.664. The maximum atomic E-state index is 11.8. The van der Waals surface area contributed by atoms with Crippen LogP contribution in [0.2, 0.25) is 0 Å². The van der Waals surface area contributed by atoms with Crippen LogP contribution in [0.3, 0.4) is 0 Å². The molecule has 19 heavy (non-hydrogen) atoms. The first kappa shape index (κ1) is 14.0. The van der Waals surface area contributed by atoms with Crippen LogP contribution in [0.5, 0.6) is 0 Å². The standard InChI is InChI=1S/C15H22N2O2/c16-15(8-4-5-9-15)10-14(19)17-11-13(18)12-6-2-1-3-7-12/h1-3,6-7,13,18H,4-5,8-11,16H2,(H,17,19). The number of rotatable bonds is 5. The van der Waals surface area contributed by atoms with E-state index >= 15 is 0 Å². The minimum Gasteiger partial charge on any atom is -0.387 e. The summed E-state index contributed by atoms with van der Waals surface area (Å²) < 4.78 is 0. The molecule has 1 aliphatic rings. The van der Waals surface area contributed by atoms with Gasteiger partial charge in [-0.1, -0.05) is 43.2 Å². The molecule has 1 unspecified atom stereocenters. The average Bonchev–Trinajstić information content (AvgIpc) is 2.83. The van der Waals surface area contributed by atoms with Crippen LogP contribution < -0.4 is 11.1 Å². The topological polar surface area (TPSA) is 75.4 Å². The fourth-order valence-corrected chi connectivity index (χ4v) is 2.64. The van der Waals surface area contributed by atoms with Crippen molar-refractivity contribution < 1.29 is 9.90 Å². The number of nitrogens with one attached hydrogen (secondary N) is 1. The molecular weight excluding hydrogens is 240 g/mol. The summed E-state index contributed by atoms with van der Waals surface area (Å²) >= 11 is 0. The first-order valence-corrected chi connectivity index (χ1v) is 6.88. The number of aliphatic hydroxyl groups is 1. The molecule has 0 radical (unpaired) electrons. The van der Waals surface area contributed by atoms with Gasteiger partial charge >= 0.3 is 0 Å². The van der Waals surface area contributed by atoms with Gasteiger partial charge in [0.2, 0.25) is 5.91 Å². The van der Waals surface area contributed by atoms with Gasteiger partial charge in [0.05, 0.1) is 6.10 Å². The normalized spacial score (nSPS) is 19.1. The van der Waals surface area contributed by atoms with Crippen LogP contribution >= 0.6 is 0 Å². The van der Waals surface area contributed by atoms with E-state index in [4.69, 9.17) is 5.73 Å². The number of hydrogen-bond donors (Lipinski definition) is 3. The smallest absolute Gasteiger partial charge is 0.221 e. The first-order chi connectivity index (χ1) is 9.09. The third-order valence-electron chi connectivity index (χ3n) is 3.79. The van der Waals surface area contributed by atoms with Crippen molar-refractivity contribution >= 4 is 5.91 Å². The number of benzene rings is 1. The summed E-state index contributed by atoms with van der Waals surface area (Å²) in [5.41, 5.74) is 6.63. The predicted octanol–water partition coefficient (Wildman–Crippen LogP) is 1.50. The largest absolute Gasteiger partial charge is 0.387 e. The molecule has 1 atom stereocenters. The van der Waals surface area contributed by atoms with Crippen molar-refractivity contribution in [1.29, 1.82) is 0 Å². The van der Waals surface area contributed by atoms with Gasteiger partial charge in [0.1, 0.15) is 0 Å². The lowest BCUT2D eigenvalue weighted by molar-refractivity contribution is -0.122. The van der Waals surface area contributed by atoms with Crippen molar-refractivity contribution in [1.82, 2.24) is 5.32 Å². The molecule has 104 valence electrons. The zero-order valence-electron chi connectivity index (χ0n) is 11.1. The number of amides is 1. The SMILES string of the molecule is NC1(CC(=O)NCC(O)c2ccccc2)CCCC1. The van der Waals surface area contributed by atoms with E-state index in [0.717, 1.165) is 31.2 Å². The quantitative estimate of drug-likeness (QED) is 0.752. The molecule has 2 rings (SSSR count). The van der Waals surface area contributed by atoms with Gasteiger partial charge in [-0.25, -0.2) is 0 Å². The highest BCUT2D eigenvalue weighted by molar-refractivity contribution is 5.77. The number of nitrogens with two attached hydrogens (primary N) is 1. The summed E-state index contributed by atoms with van der Waals surface area (Å²) in [6, 6.07) is 9.32. The van der Waals surface area contributed by atoms with Crippen LogP contribution in [0.25, 0.3) is 0 Å². The maximum absolute atomic E-state index is 11.8. The maximum Gasteiger partial charge on any atom is 0.221 e. The molecule has 1 saturated carbocycles. The highest BCUT2D eigenvalue weighted by Gasteiger charge is 2.31. The Morgan fingerprint density at radius 1 is 1.32 bits per heavy atom. The van der Waals surface area contributed by atoms with Gasteiger partial charge in [-0.3, -0.25) is 4.79 Å². The Morgan fingerprint density at radius 2 is 1.95 bits per heavy atom. The fourth-order valence-electron chi connectivity index (χ4n) is 2.64. The summed E-state index contributed by atoms with van der Waals surface area (Å²) in [5, 5.41) is 12.7. The number of carbonyl (C=O) groups excluding carboxylic acids is 1. The molecular formula is C15H22N2O2. The highest BCUT2D eigenvalue weighted by Crippen LogP contribution is 2.29. The molecule has 4 heteroatoms. The monoisotopic (exact) mass is 262 g/mol. The van der Waals surface area contributed by atoms with Gasteiger partial charge in [-0.05, 0) is 18.4 Å². The van der Waals surface area contributed by atoms with Crippen molar-refractivity contribution in [2.24, 2.45) is 5.73 Å². The molecule has 1 aromatic rings. The van der Waals surface area contributed by atoms with Crippen molar-refractivity contribution in [3.8, 4) is 0 Å². The third kappa shape index (κ3) is 4.04. The van der Waals surface area contributed by atoms with Crippen LogP contribution in [-0.4, -0.2) is 23.1 Å². The Hall–Kier alpha value is -1.39. The van der Waals surface area contributed by atoms with E-state index in [-0.39, 0.29) is 18.0 Å². The highest BCUT2D eigenvalue weighted by atomic mass is 16.3. The summed E-state index contributed by atoms with van der Waals surface area (Å²) in [6.07, 6.45) is 3.74. The molecule has 0 saturated heterocycles. The van der Waals surface area contributed by atoms with Gasteiger partial charge in [0, 0.05) is 18.5 Å². The molecule has 0 aliphatic heterocycles. The minimum absolute atomic E-state index is 0.0700. The van der Waals surface area contributed by atoms with Gasteiger partial charge in [-0.2, -0.15) is 0 Å². The van der Waals surface area contributed by atoms with Crippen molar-refractivity contribution in [3.63, 3.8) is 0 Å². The van der Waals surface area contributed by atoms with Crippen LogP contribution in [-0.2, 0) is 4.79 Å². The van der Waals surface area contributed by atoms with Crippen LogP contribution in [0.15, 0.2) is 30.3 Å². The number of aliphatic hydroxyl groups excluding tert-OH is 1. The fraction of sp³-hybridized carbons (Fsp3) is 0.533. The lowest BCUT2D eigenvalue weighted by atomic mass is 9.94. The Kier molecular flexibility index (Phi) is 4.56. The molecule has 0 aromatic heterocycles. The van der Waals surface area contributed by atoms with E-state index in [2.05, 4.69) is 5.32 Å². The Morgan fingerprint density at radius 3 is 2.58 bits per heavy atom. The van der Waals surface area contributed by atoms with E-state index < -0.39 is 6.10 Å². The van der Waals surface area contributed by atoms with E-state index in [1.165, 1.54) is 0 Å². The second-order valence-corrected chi connectivity index (χ2v) is 5.48.